The van der Waals surface area contributed by atoms with E-state index in [0.717, 1.165) is 21.8 Å². The van der Waals surface area contributed by atoms with Gasteiger partial charge in [0, 0.05) is 10.9 Å². The molecule has 1 N–H and O–H groups in total. The molecule has 0 unspecified atom stereocenters. The zero-order chi connectivity index (χ0) is 15.4. The van der Waals surface area contributed by atoms with Crippen LogP contribution in [0.15, 0.2) is 60.0 Å². The normalized spacial score (nSPS) is 10.4. The molecule has 0 aliphatic carbocycles. The van der Waals surface area contributed by atoms with E-state index in [9.17, 15) is 4.79 Å². The first-order valence-corrected chi connectivity index (χ1v) is 7.95. The van der Waals surface area contributed by atoms with E-state index in [2.05, 4.69) is 22.4 Å². The Bertz CT molecular complexity index is 763. The molecule has 0 saturated heterocycles. The van der Waals surface area contributed by atoms with Crippen LogP contribution in [0.25, 0.3) is 11.1 Å². The maximum absolute atomic E-state index is 12.1. The fourth-order valence-corrected chi connectivity index (χ4v) is 2.82. The van der Waals surface area contributed by atoms with Crippen molar-refractivity contribution in [1.82, 2.24) is 10.3 Å². The predicted molar refractivity (Wildman–Crippen MR) is 89.9 cm³/mol. The van der Waals surface area contributed by atoms with Crippen LogP contribution < -0.4 is 5.32 Å². The third-order valence-corrected chi connectivity index (χ3v) is 4.17. The van der Waals surface area contributed by atoms with Crippen molar-refractivity contribution in [2.75, 3.05) is 0 Å². The van der Waals surface area contributed by atoms with Gasteiger partial charge in [0.25, 0.3) is 5.91 Å². The predicted octanol–water partition coefficient (Wildman–Crippen LogP) is 4.05. The maximum Gasteiger partial charge on any atom is 0.251 e. The van der Waals surface area contributed by atoms with Gasteiger partial charge in [-0.2, -0.15) is 0 Å². The van der Waals surface area contributed by atoms with Crippen molar-refractivity contribution in [3.05, 3.63) is 76.2 Å². The van der Waals surface area contributed by atoms with E-state index in [-0.39, 0.29) is 5.91 Å². The lowest BCUT2D eigenvalue weighted by molar-refractivity contribution is 0.0950. The topological polar surface area (TPSA) is 42.0 Å². The second-order valence-electron chi connectivity index (χ2n) is 4.98. The molecule has 3 rings (SSSR count). The number of amides is 1. The van der Waals surface area contributed by atoms with Crippen molar-refractivity contribution < 1.29 is 4.79 Å². The van der Waals surface area contributed by atoms with E-state index < -0.39 is 0 Å². The van der Waals surface area contributed by atoms with Crippen molar-refractivity contribution in [2.24, 2.45) is 0 Å². The maximum atomic E-state index is 12.1. The first-order valence-electron chi connectivity index (χ1n) is 7.07. The molecule has 22 heavy (non-hydrogen) atoms. The van der Waals surface area contributed by atoms with Gasteiger partial charge in [-0.05, 0) is 30.2 Å². The van der Waals surface area contributed by atoms with E-state index in [1.165, 1.54) is 0 Å². The second-order valence-corrected chi connectivity index (χ2v) is 6.05. The molecule has 0 aliphatic rings. The summed E-state index contributed by atoms with van der Waals surface area (Å²) >= 11 is 1.59. The molecule has 0 bridgehead atoms. The van der Waals surface area contributed by atoms with Gasteiger partial charge in [0.15, 0.2) is 0 Å². The number of aromatic nitrogens is 1. The fourth-order valence-electron chi connectivity index (χ4n) is 2.21. The number of aryl methyl sites for hydroxylation is 1. The van der Waals surface area contributed by atoms with Crippen molar-refractivity contribution in [3.63, 3.8) is 0 Å². The summed E-state index contributed by atoms with van der Waals surface area (Å²) in [5.41, 5.74) is 3.81. The highest BCUT2D eigenvalue weighted by atomic mass is 32.1. The molecule has 0 aliphatic heterocycles. The molecule has 3 nitrogen and oxygen atoms in total. The quantitative estimate of drug-likeness (QED) is 0.790. The van der Waals surface area contributed by atoms with Crippen LogP contribution in [0.5, 0.6) is 0 Å². The van der Waals surface area contributed by atoms with Gasteiger partial charge in [-0.1, -0.05) is 42.5 Å². The highest BCUT2D eigenvalue weighted by Gasteiger charge is 2.07. The van der Waals surface area contributed by atoms with Gasteiger partial charge < -0.3 is 5.32 Å². The summed E-state index contributed by atoms with van der Waals surface area (Å²) in [5.74, 6) is -0.0785. The Morgan fingerprint density at radius 3 is 2.36 bits per heavy atom. The first kappa shape index (κ1) is 14.5. The zero-order valence-electron chi connectivity index (χ0n) is 12.2. The van der Waals surface area contributed by atoms with Gasteiger partial charge in [0.05, 0.1) is 17.2 Å². The van der Waals surface area contributed by atoms with E-state index in [1.807, 2.05) is 54.8 Å². The number of thiazole rings is 1. The number of hydrogen-bond acceptors (Lipinski definition) is 3. The zero-order valence-corrected chi connectivity index (χ0v) is 13.1. The average Bonchev–Trinajstić information content (AvgIpc) is 2.99. The highest BCUT2D eigenvalue weighted by molar-refractivity contribution is 7.09. The molecule has 1 aromatic heterocycles. The number of hydrogen-bond donors (Lipinski definition) is 1. The van der Waals surface area contributed by atoms with Crippen LogP contribution in [0.4, 0.5) is 0 Å². The Balaban J connectivity index is 1.66. The molecule has 3 aromatic rings. The molecule has 1 amide bonds. The van der Waals surface area contributed by atoms with Gasteiger partial charge in [0.2, 0.25) is 0 Å². The number of carbonyl (C=O) groups is 1. The van der Waals surface area contributed by atoms with Gasteiger partial charge in [-0.3, -0.25) is 4.79 Å². The summed E-state index contributed by atoms with van der Waals surface area (Å²) in [7, 11) is 0. The minimum Gasteiger partial charge on any atom is -0.346 e. The lowest BCUT2D eigenvalue weighted by Crippen LogP contribution is -2.22. The van der Waals surface area contributed by atoms with Crippen molar-refractivity contribution in [2.45, 2.75) is 13.5 Å². The molecule has 110 valence electrons. The van der Waals surface area contributed by atoms with Crippen LogP contribution in [-0.2, 0) is 6.54 Å². The SMILES string of the molecule is Cc1nc(CNC(=O)c2ccc(-c3ccccc3)cc2)cs1. The summed E-state index contributed by atoms with van der Waals surface area (Å²) < 4.78 is 0. The molecular formula is C18H16N2OS. The van der Waals surface area contributed by atoms with Gasteiger partial charge >= 0.3 is 0 Å². The van der Waals surface area contributed by atoms with Gasteiger partial charge in [0.1, 0.15) is 0 Å². The summed E-state index contributed by atoms with van der Waals surface area (Å²) in [4.78, 5) is 16.5. The first-order chi connectivity index (χ1) is 10.7. The summed E-state index contributed by atoms with van der Waals surface area (Å²) in [6, 6.07) is 17.8. The smallest absolute Gasteiger partial charge is 0.251 e. The highest BCUT2D eigenvalue weighted by Crippen LogP contribution is 2.19. The Hall–Kier alpha value is -2.46. The van der Waals surface area contributed by atoms with Gasteiger partial charge in [-0.15, -0.1) is 11.3 Å². The van der Waals surface area contributed by atoms with Crippen molar-refractivity contribution >= 4 is 17.2 Å². The summed E-state index contributed by atoms with van der Waals surface area (Å²) in [5, 5.41) is 5.87. The molecule has 1 heterocycles. The van der Waals surface area contributed by atoms with Crippen molar-refractivity contribution in [1.29, 1.82) is 0 Å². The van der Waals surface area contributed by atoms with E-state index in [0.29, 0.717) is 12.1 Å². The molecule has 0 saturated carbocycles. The van der Waals surface area contributed by atoms with Crippen LogP contribution in [0.2, 0.25) is 0 Å². The molecule has 0 radical (unpaired) electrons. The van der Waals surface area contributed by atoms with Crippen LogP contribution in [-0.4, -0.2) is 10.9 Å². The number of nitrogens with zero attached hydrogens (tertiary/aromatic N) is 1. The fraction of sp³-hybridized carbons (Fsp3) is 0.111. The molecule has 2 aromatic carbocycles. The molecule has 0 spiro atoms. The lowest BCUT2D eigenvalue weighted by Gasteiger charge is -2.05. The second kappa shape index (κ2) is 6.54. The Labute approximate surface area is 133 Å². The van der Waals surface area contributed by atoms with Crippen LogP contribution in [0.1, 0.15) is 21.1 Å². The minimum absolute atomic E-state index is 0.0785. The molecule has 0 atom stereocenters. The van der Waals surface area contributed by atoms with Crippen LogP contribution >= 0.6 is 11.3 Å². The van der Waals surface area contributed by atoms with Crippen molar-refractivity contribution in [3.8, 4) is 11.1 Å². The third kappa shape index (κ3) is 3.40. The number of rotatable bonds is 4. The standard InChI is InChI=1S/C18H16N2OS/c1-13-20-17(12-22-13)11-19-18(21)16-9-7-15(8-10-16)14-5-3-2-4-6-14/h2-10,12H,11H2,1H3,(H,19,21). The number of benzene rings is 2. The molecule has 4 heteroatoms. The Kier molecular flexibility index (Phi) is 4.30. The average molecular weight is 308 g/mol. The van der Waals surface area contributed by atoms with E-state index in [1.54, 1.807) is 11.3 Å². The van der Waals surface area contributed by atoms with Crippen LogP contribution in [0.3, 0.4) is 0 Å². The lowest BCUT2D eigenvalue weighted by atomic mass is 10.0. The largest absolute Gasteiger partial charge is 0.346 e. The Morgan fingerprint density at radius 1 is 1.05 bits per heavy atom. The Morgan fingerprint density at radius 2 is 1.73 bits per heavy atom. The number of carbonyl (C=O) groups excluding carboxylic acids is 1. The third-order valence-electron chi connectivity index (χ3n) is 3.35. The molecule has 0 fully saturated rings. The number of nitrogens with one attached hydrogen (secondary N) is 1. The summed E-state index contributed by atoms with van der Waals surface area (Å²) in [6.45, 7) is 2.42. The minimum atomic E-state index is -0.0785. The van der Waals surface area contributed by atoms with Gasteiger partial charge in [-0.25, -0.2) is 4.98 Å². The van der Waals surface area contributed by atoms with E-state index >= 15 is 0 Å². The van der Waals surface area contributed by atoms with E-state index in [4.69, 9.17) is 0 Å². The monoisotopic (exact) mass is 308 g/mol. The molecular weight excluding hydrogens is 292 g/mol. The summed E-state index contributed by atoms with van der Waals surface area (Å²) in [6.07, 6.45) is 0. The van der Waals surface area contributed by atoms with Crippen LogP contribution in [0, 0.1) is 6.92 Å².